The molecule has 0 atom stereocenters. The number of hydrogen-bond donors (Lipinski definition) is 0. The summed E-state index contributed by atoms with van der Waals surface area (Å²) < 4.78 is 0. The number of aromatic nitrogens is 2. The SMILES string of the molecule is C=CCN(C)Cc1ccc(-c2nnc(-c3ccc(Cl)cc3)s2)cc1. The van der Waals surface area contributed by atoms with Crippen molar-refractivity contribution >= 4 is 22.9 Å². The number of rotatable bonds is 6. The van der Waals surface area contributed by atoms with Crippen LogP contribution < -0.4 is 0 Å². The summed E-state index contributed by atoms with van der Waals surface area (Å²) in [6.07, 6.45) is 1.91. The van der Waals surface area contributed by atoms with Crippen LogP contribution in [0.5, 0.6) is 0 Å². The number of benzene rings is 2. The Bertz CT molecular complexity index is 809. The molecule has 2 aromatic carbocycles. The third kappa shape index (κ3) is 4.09. The van der Waals surface area contributed by atoms with E-state index >= 15 is 0 Å². The predicted octanol–water partition coefficient (Wildman–Crippen LogP) is 5.14. The zero-order valence-corrected chi connectivity index (χ0v) is 15.0. The van der Waals surface area contributed by atoms with Gasteiger partial charge in [-0.15, -0.1) is 16.8 Å². The van der Waals surface area contributed by atoms with Crippen LogP contribution in [0.4, 0.5) is 0 Å². The Labute approximate surface area is 151 Å². The molecule has 0 aliphatic heterocycles. The van der Waals surface area contributed by atoms with E-state index in [1.807, 2.05) is 30.3 Å². The molecule has 0 saturated carbocycles. The molecule has 24 heavy (non-hydrogen) atoms. The van der Waals surface area contributed by atoms with Crippen molar-refractivity contribution in [1.29, 1.82) is 0 Å². The number of hydrogen-bond acceptors (Lipinski definition) is 4. The molecule has 3 rings (SSSR count). The molecule has 3 nitrogen and oxygen atoms in total. The van der Waals surface area contributed by atoms with Crippen molar-refractivity contribution in [2.24, 2.45) is 0 Å². The van der Waals surface area contributed by atoms with Crippen molar-refractivity contribution in [3.05, 3.63) is 71.8 Å². The Hall–Kier alpha value is -2.01. The van der Waals surface area contributed by atoms with E-state index in [1.165, 1.54) is 5.56 Å². The van der Waals surface area contributed by atoms with Crippen LogP contribution in [0.15, 0.2) is 61.2 Å². The molecule has 0 amide bonds. The lowest BCUT2D eigenvalue weighted by Crippen LogP contribution is -2.17. The lowest BCUT2D eigenvalue weighted by Gasteiger charge is -2.14. The van der Waals surface area contributed by atoms with Crippen LogP contribution in [0.2, 0.25) is 5.02 Å². The molecule has 0 unspecified atom stereocenters. The van der Waals surface area contributed by atoms with E-state index in [1.54, 1.807) is 11.3 Å². The van der Waals surface area contributed by atoms with Crippen molar-refractivity contribution in [2.45, 2.75) is 6.54 Å². The highest BCUT2D eigenvalue weighted by atomic mass is 35.5. The average Bonchev–Trinajstić information content (AvgIpc) is 3.06. The molecule has 1 heterocycles. The van der Waals surface area contributed by atoms with Gasteiger partial charge in [-0.1, -0.05) is 65.4 Å². The van der Waals surface area contributed by atoms with E-state index in [0.717, 1.165) is 39.3 Å². The highest BCUT2D eigenvalue weighted by molar-refractivity contribution is 7.17. The maximum absolute atomic E-state index is 5.93. The van der Waals surface area contributed by atoms with E-state index in [-0.39, 0.29) is 0 Å². The normalized spacial score (nSPS) is 11.0. The van der Waals surface area contributed by atoms with Crippen molar-refractivity contribution in [2.75, 3.05) is 13.6 Å². The topological polar surface area (TPSA) is 29.0 Å². The fourth-order valence-corrected chi connectivity index (χ4v) is 3.38. The molecule has 5 heteroatoms. The molecule has 0 radical (unpaired) electrons. The first-order chi connectivity index (χ1) is 11.7. The summed E-state index contributed by atoms with van der Waals surface area (Å²) in [5.74, 6) is 0. The van der Waals surface area contributed by atoms with Crippen molar-refractivity contribution in [3.63, 3.8) is 0 Å². The van der Waals surface area contributed by atoms with Gasteiger partial charge >= 0.3 is 0 Å². The van der Waals surface area contributed by atoms with Gasteiger partial charge in [-0.2, -0.15) is 0 Å². The van der Waals surface area contributed by atoms with Gasteiger partial charge in [0.15, 0.2) is 0 Å². The van der Waals surface area contributed by atoms with Gasteiger partial charge < -0.3 is 0 Å². The Morgan fingerprint density at radius 3 is 2.08 bits per heavy atom. The molecule has 0 aliphatic rings. The minimum atomic E-state index is 0.723. The summed E-state index contributed by atoms with van der Waals surface area (Å²) >= 11 is 7.51. The quantitative estimate of drug-likeness (QED) is 0.573. The Morgan fingerprint density at radius 1 is 1.00 bits per heavy atom. The highest BCUT2D eigenvalue weighted by Crippen LogP contribution is 2.30. The highest BCUT2D eigenvalue weighted by Gasteiger charge is 2.09. The van der Waals surface area contributed by atoms with Crippen molar-refractivity contribution in [3.8, 4) is 21.1 Å². The van der Waals surface area contributed by atoms with Gasteiger partial charge in [-0.05, 0) is 24.7 Å². The van der Waals surface area contributed by atoms with Crippen molar-refractivity contribution < 1.29 is 0 Å². The fourth-order valence-electron chi connectivity index (χ4n) is 2.40. The zero-order valence-electron chi connectivity index (χ0n) is 13.4. The number of nitrogens with zero attached hydrogens (tertiary/aromatic N) is 3. The standard InChI is InChI=1S/C19H18ClN3S/c1-3-12-23(2)13-14-4-6-15(7-5-14)18-21-22-19(24-18)16-8-10-17(20)11-9-16/h3-11H,1,12-13H2,2H3. The fraction of sp³-hybridized carbons (Fsp3) is 0.158. The summed E-state index contributed by atoms with van der Waals surface area (Å²) in [7, 11) is 2.08. The molecular formula is C19H18ClN3S. The van der Waals surface area contributed by atoms with Gasteiger partial charge in [-0.3, -0.25) is 4.90 Å². The first-order valence-corrected chi connectivity index (χ1v) is 8.83. The molecule has 0 saturated heterocycles. The summed E-state index contributed by atoms with van der Waals surface area (Å²) in [4.78, 5) is 2.21. The van der Waals surface area contributed by atoms with Gasteiger partial charge in [-0.25, -0.2) is 0 Å². The number of halogens is 1. The predicted molar refractivity (Wildman–Crippen MR) is 102 cm³/mol. The lowest BCUT2D eigenvalue weighted by molar-refractivity contribution is 0.364. The molecule has 0 N–H and O–H groups in total. The van der Waals surface area contributed by atoms with Gasteiger partial charge in [0.25, 0.3) is 0 Å². The summed E-state index contributed by atoms with van der Waals surface area (Å²) in [5, 5.41) is 11.2. The summed E-state index contributed by atoms with van der Waals surface area (Å²) in [6.45, 7) is 5.54. The lowest BCUT2D eigenvalue weighted by atomic mass is 10.1. The van der Waals surface area contributed by atoms with Crippen LogP contribution in [0.1, 0.15) is 5.56 Å². The van der Waals surface area contributed by atoms with Crippen LogP contribution >= 0.6 is 22.9 Å². The first kappa shape index (κ1) is 16.8. The van der Waals surface area contributed by atoms with Crippen LogP contribution in [0.25, 0.3) is 21.1 Å². The second-order valence-corrected chi connectivity index (χ2v) is 7.02. The minimum Gasteiger partial charge on any atom is -0.298 e. The van der Waals surface area contributed by atoms with Gasteiger partial charge in [0.1, 0.15) is 10.0 Å². The largest absolute Gasteiger partial charge is 0.298 e. The molecule has 122 valence electrons. The molecule has 3 aromatic rings. The molecule has 1 aromatic heterocycles. The molecular weight excluding hydrogens is 338 g/mol. The summed E-state index contributed by atoms with van der Waals surface area (Å²) in [5.41, 5.74) is 3.39. The van der Waals surface area contributed by atoms with E-state index < -0.39 is 0 Å². The Kier molecular flexibility index (Phi) is 5.41. The maximum atomic E-state index is 5.93. The van der Waals surface area contributed by atoms with Crippen LogP contribution in [0.3, 0.4) is 0 Å². The Morgan fingerprint density at radius 2 is 1.54 bits per heavy atom. The Balaban J connectivity index is 1.75. The van der Waals surface area contributed by atoms with Crippen LogP contribution in [0, 0.1) is 0 Å². The third-order valence-electron chi connectivity index (χ3n) is 3.61. The van der Waals surface area contributed by atoms with Gasteiger partial charge in [0.2, 0.25) is 0 Å². The van der Waals surface area contributed by atoms with E-state index in [0.29, 0.717) is 0 Å². The maximum Gasteiger partial charge on any atom is 0.148 e. The third-order valence-corrected chi connectivity index (χ3v) is 4.88. The minimum absolute atomic E-state index is 0.723. The zero-order chi connectivity index (χ0) is 16.9. The molecule has 0 bridgehead atoms. The first-order valence-electron chi connectivity index (χ1n) is 7.64. The molecule has 0 aliphatic carbocycles. The second kappa shape index (κ2) is 7.71. The second-order valence-electron chi connectivity index (χ2n) is 5.60. The van der Waals surface area contributed by atoms with Gasteiger partial charge in [0.05, 0.1) is 0 Å². The number of likely N-dealkylation sites (N-methyl/N-ethyl adjacent to an activating group) is 1. The molecule has 0 fully saturated rings. The van der Waals surface area contributed by atoms with Crippen LogP contribution in [-0.2, 0) is 6.54 Å². The summed E-state index contributed by atoms with van der Waals surface area (Å²) in [6, 6.07) is 16.1. The van der Waals surface area contributed by atoms with Gasteiger partial charge in [0, 0.05) is 29.2 Å². The smallest absolute Gasteiger partial charge is 0.148 e. The average molecular weight is 356 g/mol. The van der Waals surface area contributed by atoms with E-state index in [9.17, 15) is 0 Å². The van der Waals surface area contributed by atoms with Crippen LogP contribution in [-0.4, -0.2) is 28.7 Å². The monoisotopic (exact) mass is 355 g/mol. The van der Waals surface area contributed by atoms with Crippen molar-refractivity contribution in [1.82, 2.24) is 15.1 Å². The molecule has 0 spiro atoms. The van der Waals surface area contributed by atoms with E-state index in [4.69, 9.17) is 11.6 Å². The van der Waals surface area contributed by atoms with E-state index in [2.05, 4.69) is 53.0 Å².